The van der Waals surface area contributed by atoms with Gasteiger partial charge in [-0.2, -0.15) is 0 Å². The number of benzene rings is 1. The molecule has 0 aliphatic heterocycles. The number of ether oxygens (including phenoxy) is 1. The average Bonchev–Trinajstić information content (AvgIpc) is 2.46. The summed E-state index contributed by atoms with van der Waals surface area (Å²) in [6, 6.07) is 7.43. The Hall–Kier alpha value is -1.66. The molecule has 0 spiro atoms. The third-order valence-electron chi connectivity index (χ3n) is 3.12. The van der Waals surface area contributed by atoms with Gasteiger partial charge in [0.2, 0.25) is 5.91 Å². The Bertz CT molecular complexity index is 492. The number of thiocarbonyl (C=S) groups is 1. The molecule has 0 aromatic heterocycles. The highest BCUT2D eigenvalue weighted by Gasteiger charge is 2.11. The summed E-state index contributed by atoms with van der Waals surface area (Å²) >= 11 is 5.00. The van der Waals surface area contributed by atoms with Gasteiger partial charge in [-0.15, -0.1) is 0 Å². The Morgan fingerprint density at radius 2 is 2.00 bits per heavy atom. The van der Waals surface area contributed by atoms with Gasteiger partial charge in [-0.25, -0.2) is 0 Å². The van der Waals surface area contributed by atoms with Crippen molar-refractivity contribution in [1.29, 1.82) is 0 Å². The fourth-order valence-corrected chi connectivity index (χ4v) is 1.93. The molecule has 0 aliphatic rings. The van der Waals surface area contributed by atoms with Crippen molar-refractivity contribution in [3.8, 4) is 5.75 Å². The summed E-state index contributed by atoms with van der Waals surface area (Å²) in [4.78, 5) is 15.6. The van der Waals surface area contributed by atoms with Gasteiger partial charge in [0.15, 0.2) is 0 Å². The highest BCUT2D eigenvalue weighted by molar-refractivity contribution is 7.80. The Morgan fingerprint density at radius 3 is 2.57 bits per heavy atom. The largest absolute Gasteiger partial charge is 0.492 e. The van der Waals surface area contributed by atoms with Crippen molar-refractivity contribution >= 4 is 23.1 Å². The molecule has 0 radical (unpaired) electrons. The molecule has 5 nitrogen and oxygen atoms in total. The lowest BCUT2D eigenvalue weighted by atomic mass is 10.2. The summed E-state index contributed by atoms with van der Waals surface area (Å²) in [6.45, 7) is 4.35. The summed E-state index contributed by atoms with van der Waals surface area (Å²) in [5.74, 6) is 0.764. The molecule has 0 bridgehead atoms. The smallest absolute Gasteiger partial charge is 0.236 e. The lowest BCUT2D eigenvalue weighted by Gasteiger charge is -2.22. The minimum atomic E-state index is 0.0837. The van der Waals surface area contributed by atoms with Gasteiger partial charge in [-0.05, 0) is 18.7 Å². The van der Waals surface area contributed by atoms with Crippen LogP contribution in [0.4, 0.5) is 0 Å². The highest BCUT2D eigenvalue weighted by Crippen LogP contribution is 2.17. The van der Waals surface area contributed by atoms with Crippen molar-refractivity contribution < 1.29 is 9.53 Å². The summed E-state index contributed by atoms with van der Waals surface area (Å²) < 4.78 is 5.74. The monoisotopic (exact) mass is 309 g/mol. The molecule has 1 amide bonds. The summed E-state index contributed by atoms with van der Waals surface area (Å²) in [5, 5.41) is 0. The normalized spacial score (nSPS) is 10.5. The Kier molecular flexibility index (Phi) is 7.11. The molecule has 0 unspecified atom stereocenters. The Morgan fingerprint density at radius 1 is 1.33 bits per heavy atom. The second kappa shape index (κ2) is 8.59. The van der Waals surface area contributed by atoms with E-state index >= 15 is 0 Å². The van der Waals surface area contributed by atoms with Crippen LogP contribution >= 0.6 is 12.2 Å². The first-order chi connectivity index (χ1) is 9.95. The third kappa shape index (κ3) is 5.69. The van der Waals surface area contributed by atoms with E-state index in [0.29, 0.717) is 30.4 Å². The molecule has 0 heterocycles. The molecular formula is C15H23N3O2S. The maximum atomic E-state index is 11.7. The van der Waals surface area contributed by atoms with Gasteiger partial charge >= 0.3 is 0 Å². The van der Waals surface area contributed by atoms with Crippen LogP contribution in [0.15, 0.2) is 24.3 Å². The van der Waals surface area contributed by atoms with Crippen LogP contribution in [0.5, 0.6) is 5.75 Å². The molecular weight excluding hydrogens is 286 g/mol. The van der Waals surface area contributed by atoms with E-state index < -0.39 is 0 Å². The zero-order valence-electron chi connectivity index (χ0n) is 12.8. The van der Waals surface area contributed by atoms with Crippen LogP contribution in [-0.4, -0.2) is 61.0 Å². The van der Waals surface area contributed by atoms with Gasteiger partial charge in [0.25, 0.3) is 0 Å². The van der Waals surface area contributed by atoms with Crippen LogP contribution in [0, 0.1) is 0 Å². The lowest BCUT2D eigenvalue weighted by Crippen LogP contribution is -2.38. The van der Waals surface area contributed by atoms with Crippen molar-refractivity contribution in [2.75, 3.05) is 40.3 Å². The molecule has 1 aromatic carbocycles. The zero-order valence-corrected chi connectivity index (χ0v) is 13.7. The topological polar surface area (TPSA) is 58.8 Å². The zero-order chi connectivity index (χ0) is 15.8. The predicted octanol–water partition coefficient (Wildman–Crippen LogP) is 1.11. The summed E-state index contributed by atoms with van der Waals surface area (Å²) in [6.07, 6.45) is 0. The van der Waals surface area contributed by atoms with Crippen LogP contribution in [0.3, 0.4) is 0 Å². The fraction of sp³-hybridized carbons (Fsp3) is 0.467. The number of para-hydroxylation sites is 1. The first-order valence-electron chi connectivity index (χ1n) is 6.89. The van der Waals surface area contributed by atoms with E-state index in [1.54, 1.807) is 19.0 Å². The van der Waals surface area contributed by atoms with Gasteiger partial charge in [0.05, 0.1) is 12.1 Å². The van der Waals surface area contributed by atoms with Crippen LogP contribution in [0.25, 0.3) is 0 Å². The predicted molar refractivity (Wildman–Crippen MR) is 88.6 cm³/mol. The van der Waals surface area contributed by atoms with Crippen molar-refractivity contribution in [2.24, 2.45) is 5.73 Å². The molecule has 116 valence electrons. The molecule has 0 aliphatic carbocycles. The van der Waals surface area contributed by atoms with E-state index in [9.17, 15) is 4.79 Å². The standard InChI is InChI=1S/C15H23N3O2S/c1-4-18(11-14(19)17(2)3)9-10-20-13-8-6-5-7-12(13)15(16)21/h5-8H,4,9-11H2,1-3H3,(H2,16,21). The molecule has 0 fully saturated rings. The number of rotatable bonds is 8. The number of carbonyl (C=O) groups excluding carboxylic acids is 1. The molecule has 6 heteroatoms. The number of hydrogen-bond acceptors (Lipinski definition) is 4. The SMILES string of the molecule is CCN(CCOc1ccccc1C(N)=S)CC(=O)N(C)C. The summed E-state index contributed by atoms with van der Waals surface area (Å²) in [5.41, 5.74) is 6.40. The van der Waals surface area contributed by atoms with E-state index in [0.717, 1.165) is 12.1 Å². The number of carbonyl (C=O) groups is 1. The van der Waals surface area contributed by atoms with Gasteiger partial charge in [0, 0.05) is 20.6 Å². The second-order valence-electron chi connectivity index (χ2n) is 4.87. The van der Waals surface area contributed by atoms with Crippen LogP contribution < -0.4 is 10.5 Å². The fourth-order valence-electron chi connectivity index (χ4n) is 1.76. The van der Waals surface area contributed by atoms with Crippen LogP contribution in [0.1, 0.15) is 12.5 Å². The molecule has 0 atom stereocenters. The molecule has 0 saturated carbocycles. The molecule has 1 rings (SSSR count). The minimum Gasteiger partial charge on any atom is -0.492 e. The minimum absolute atomic E-state index is 0.0837. The van der Waals surface area contributed by atoms with Crippen LogP contribution in [0.2, 0.25) is 0 Å². The second-order valence-corrected chi connectivity index (χ2v) is 5.31. The van der Waals surface area contributed by atoms with E-state index in [-0.39, 0.29) is 5.91 Å². The number of nitrogens with two attached hydrogens (primary N) is 1. The first-order valence-corrected chi connectivity index (χ1v) is 7.30. The van der Waals surface area contributed by atoms with E-state index in [2.05, 4.69) is 0 Å². The molecule has 1 aromatic rings. The Labute approximate surface area is 131 Å². The number of likely N-dealkylation sites (N-methyl/N-ethyl adjacent to an activating group) is 2. The van der Waals surface area contributed by atoms with Gasteiger partial charge in [-0.3, -0.25) is 9.69 Å². The first kappa shape index (κ1) is 17.4. The van der Waals surface area contributed by atoms with Crippen molar-refractivity contribution in [3.63, 3.8) is 0 Å². The Balaban J connectivity index is 2.52. The van der Waals surface area contributed by atoms with Gasteiger partial charge in [0.1, 0.15) is 17.3 Å². The van der Waals surface area contributed by atoms with Crippen molar-refractivity contribution in [1.82, 2.24) is 9.80 Å². The molecule has 21 heavy (non-hydrogen) atoms. The molecule has 0 saturated heterocycles. The maximum Gasteiger partial charge on any atom is 0.236 e. The molecule has 2 N–H and O–H groups in total. The van der Waals surface area contributed by atoms with Gasteiger partial charge in [-0.1, -0.05) is 31.3 Å². The quantitative estimate of drug-likeness (QED) is 0.729. The number of hydrogen-bond donors (Lipinski definition) is 1. The average molecular weight is 309 g/mol. The number of amides is 1. The third-order valence-corrected chi connectivity index (χ3v) is 3.34. The van der Waals surface area contributed by atoms with E-state index in [1.807, 2.05) is 36.1 Å². The highest BCUT2D eigenvalue weighted by atomic mass is 32.1. The lowest BCUT2D eigenvalue weighted by molar-refractivity contribution is -0.129. The van der Waals surface area contributed by atoms with Crippen molar-refractivity contribution in [2.45, 2.75) is 6.92 Å². The van der Waals surface area contributed by atoms with Crippen LogP contribution in [-0.2, 0) is 4.79 Å². The maximum absolute atomic E-state index is 11.7. The number of nitrogens with zero attached hydrogens (tertiary/aromatic N) is 2. The summed E-state index contributed by atoms with van der Waals surface area (Å²) in [7, 11) is 3.51. The van der Waals surface area contributed by atoms with Gasteiger partial charge < -0.3 is 15.4 Å². The van der Waals surface area contributed by atoms with Crippen molar-refractivity contribution in [3.05, 3.63) is 29.8 Å². The van der Waals surface area contributed by atoms with E-state index in [1.165, 1.54) is 0 Å². The van der Waals surface area contributed by atoms with E-state index in [4.69, 9.17) is 22.7 Å².